The van der Waals surface area contributed by atoms with Crippen LogP contribution < -0.4 is 5.32 Å². The second kappa shape index (κ2) is 7.64. The first-order valence-corrected chi connectivity index (χ1v) is 12.1. The second-order valence-corrected chi connectivity index (χ2v) is 10.1. The monoisotopic (exact) mass is 524 g/mol. The average molecular weight is 525 g/mol. The molecular formula is C28H21BrN4O2. The van der Waals surface area contributed by atoms with Gasteiger partial charge in [0.1, 0.15) is 0 Å². The molecule has 0 radical (unpaired) electrons. The zero-order chi connectivity index (χ0) is 24.4. The Hall–Kier alpha value is -3.73. The third-order valence-corrected chi connectivity index (χ3v) is 8.19. The molecule has 0 saturated carbocycles. The summed E-state index contributed by atoms with van der Waals surface area (Å²) >= 11 is 3.48. The van der Waals surface area contributed by atoms with Gasteiger partial charge < -0.3 is 10.3 Å². The minimum atomic E-state index is -1.71. The summed E-state index contributed by atoms with van der Waals surface area (Å²) in [5, 5.41) is 14.7. The molecule has 6 rings (SSSR count). The largest absolute Gasteiger partial charge is 0.360 e. The molecule has 3 heterocycles. The number of fused-ring (bicyclic) bond motifs is 3. The third kappa shape index (κ3) is 2.67. The SMILES string of the molecule is CN1C[C@@H](c2ccc(Br)cc2)[C@](C#N)(C(=O)c2c[nH]c3ccccc23)C12C(=O)Nc1ccccc12. The lowest BCUT2D eigenvalue weighted by Crippen LogP contribution is -2.58. The summed E-state index contributed by atoms with van der Waals surface area (Å²) in [5.41, 5.74) is 0.151. The van der Waals surface area contributed by atoms with Crippen molar-refractivity contribution in [1.82, 2.24) is 9.88 Å². The Bertz CT molecular complexity index is 1550. The molecule has 4 aromatic rings. The molecule has 172 valence electrons. The number of carbonyl (C=O) groups is 2. The lowest BCUT2D eigenvalue weighted by atomic mass is 9.58. The molecular weight excluding hydrogens is 504 g/mol. The first kappa shape index (κ1) is 21.8. The van der Waals surface area contributed by atoms with Crippen LogP contribution in [0.5, 0.6) is 0 Å². The van der Waals surface area contributed by atoms with Gasteiger partial charge in [-0.1, -0.05) is 64.5 Å². The molecule has 35 heavy (non-hydrogen) atoms. The topological polar surface area (TPSA) is 89.0 Å². The van der Waals surface area contributed by atoms with Gasteiger partial charge in [-0.15, -0.1) is 0 Å². The van der Waals surface area contributed by atoms with E-state index in [1.54, 1.807) is 6.20 Å². The zero-order valence-electron chi connectivity index (χ0n) is 18.9. The molecule has 3 aromatic carbocycles. The van der Waals surface area contributed by atoms with Crippen LogP contribution in [0.4, 0.5) is 5.69 Å². The van der Waals surface area contributed by atoms with Gasteiger partial charge in [-0.05, 0) is 36.9 Å². The zero-order valence-corrected chi connectivity index (χ0v) is 20.5. The molecule has 1 fully saturated rings. The van der Waals surface area contributed by atoms with Crippen molar-refractivity contribution in [2.24, 2.45) is 5.41 Å². The number of hydrogen-bond acceptors (Lipinski definition) is 4. The van der Waals surface area contributed by atoms with Gasteiger partial charge in [0.25, 0.3) is 5.91 Å². The highest BCUT2D eigenvalue weighted by molar-refractivity contribution is 9.10. The molecule has 3 atom stereocenters. The number of nitriles is 1. The van der Waals surface area contributed by atoms with Gasteiger partial charge in [-0.2, -0.15) is 5.26 Å². The fourth-order valence-electron chi connectivity index (χ4n) is 6.17. The van der Waals surface area contributed by atoms with E-state index >= 15 is 0 Å². The van der Waals surface area contributed by atoms with Crippen LogP contribution in [0, 0.1) is 16.7 Å². The Labute approximate surface area is 210 Å². The number of carbonyl (C=O) groups excluding carboxylic acids is 2. The maximum absolute atomic E-state index is 14.7. The normalized spacial score (nSPS) is 25.5. The van der Waals surface area contributed by atoms with E-state index in [1.807, 2.05) is 84.7 Å². The first-order valence-electron chi connectivity index (χ1n) is 11.3. The maximum Gasteiger partial charge on any atom is 0.251 e. The fraction of sp³-hybridized carbons (Fsp3) is 0.179. The number of nitrogens with one attached hydrogen (secondary N) is 2. The summed E-state index contributed by atoms with van der Waals surface area (Å²) in [6.07, 6.45) is 1.66. The highest BCUT2D eigenvalue weighted by atomic mass is 79.9. The molecule has 6 nitrogen and oxygen atoms in total. The summed E-state index contributed by atoms with van der Waals surface area (Å²) < 4.78 is 0.900. The molecule has 7 heteroatoms. The summed E-state index contributed by atoms with van der Waals surface area (Å²) in [5.74, 6) is -1.25. The minimum Gasteiger partial charge on any atom is -0.360 e. The number of aromatic nitrogens is 1. The lowest BCUT2D eigenvalue weighted by Gasteiger charge is -2.41. The van der Waals surface area contributed by atoms with Gasteiger partial charge in [0.15, 0.2) is 16.7 Å². The van der Waals surface area contributed by atoms with E-state index in [0.29, 0.717) is 23.4 Å². The van der Waals surface area contributed by atoms with E-state index in [-0.39, 0.29) is 11.7 Å². The van der Waals surface area contributed by atoms with E-state index in [1.165, 1.54) is 0 Å². The number of likely N-dealkylation sites (tertiary alicyclic amines) is 1. The van der Waals surface area contributed by atoms with Crippen LogP contribution in [0.2, 0.25) is 0 Å². The highest BCUT2D eigenvalue weighted by Crippen LogP contribution is 2.63. The predicted octanol–water partition coefficient (Wildman–Crippen LogP) is 5.20. The predicted molar refractivity (Wildman–Crippen MR) is 137 cm³/mol. The van der Waals surface area contributed by atoms with Gasteiger partial charge in [-0.3, -0.25) is 14.5 Å². The second-order valence-electron chi connectivity index (χ2n) is 9.19. The maximum atomic E-state index is 14.7. The van der Waals surface area contributed by atoms with E-state index in [0.717, 1.165) is 20.9 Å². The molecule has 1 spiro atoms. The number of amides is 1. The number of aromatic amines is 1. The van der Waals surface area contributed by atoms with Gasteiger partial charge in [0.2, 0.25) is 0 Å². The van der Waals surface area contributed by atoms with Gasteiger partial charge >= 0.3 is 0 Å². The molecule has 1 amide bonds. The van der Waals surface area contributed by atoms with Crippen LogP contribution in [0.25, 0.3) is 10.9 Å². The molecule has 0 aliphatic carbocycles. The quantitative estimate of drug-likeness (QED) is 0.360. The molecule has 1 saturated heterocycles. The molecule has 2 aliphatic heterocycles. The number of halogens is 1. The van der Waals surface area contributed by atoms with Crippen LogP contribution in [-0.4, -0.2) is 35.2 Å². The van der Waals surface area contributed by atoms with Crippen molar-refractivity contribution in [3.63, 3.8) is 0 Å². The summed E-state index contributed by atoms with van der Waals surface area (Å²) in [4.78, 5) is 33.7. The summed E-state index contributed by atoms with van der Waals surface area (Å²) in [7, 11) is 1.83. The van der Waals surface area contributed by atoms with Crippen molar-refractivity contribution in [3.8, 4) is 6.07 Å². The Morgan fingerprint density at radius 3 is 2.57 bits per heavy atom. The fourth-order valence-corrected chi connectivity index (χ4v) is 6.43. The number of anilines is 1. The smallest absolute Gasteiger partial charge is 0.251 e. The molecule has 0 bridgehead atoms. The number of Topliss-reactive ketones (excluding diaryl/α,β-unsaturated/α-hetero) is 1. The van der Waals surface area contributed by atoms with Crippen LogP contribution >= 0.6 is 15.9 Å². The van der Waals surface area contributed by atoms with Gasteiger partial charge in [0, 0.05) is 50.8 Å². The highest BCUT2D eigenvalue weighted by Gasteiger charge is 2.74. The Balaban J connectivity index is 1.68. The lowest BCUT2D eigenvalue weighted by molar-refractivity contribution is -0.128. The number of likely N-dealkylation sites (N-methyl/N-ethyl adjacent to an activating group) is 1. The van der Waals surface area contributed by atoms with Crippen molar-refractivity contribution in [2.75, 3.05) is 18.9 Å². The van der Waals surface area contributed by atoms with E-state index in [9.17, 15) is 14.9 Å². The standard InChI is InChI=1S/C28H21BrN4O2/c1-33-15-22(17-10-12-18(29)13-11-17)27(16-30,25(34)20-14-31-23-8-4-2-6-19(20)23)28(33)21-7-3-5-9-24(21)32-26(28)35/h2-14,22,31H,15H2,1H3,(H,32,35)/t22-,27+,28?/m0/s1. The number of ketones is 1. The van der Waals surface area contributed by atoms with Crippen LogP contribution in [0.15, 0.2) is 83.5 Å². The molecule has 1 unspecified atom stereocenters. The summed E-state index contributed by atoms with van der Waals surface area (Å²) in [6, 6.07) is 25.0. The Morgan fingerprint density at radius 1 is 1.09 bits per heavy atom. The van der Waals surface area contributed by atoms with Crippen LogP contribution in [-0.2, 0) is 10.3 Å². The number of benzene rings is 3. The van der Waals surface area contributed by atoms with Crippen molar-refractivity contribution in [3.05, 3.63) is 100 Å². The number of nitrogens with zero attached hydrogens (tertiary/aromatic N) is 2. The number of para-hydroxylation sites is 2. The first-order chi connectivity index (χ1) is 16.9. The van der Waals surface area contributed by atoms with E-state index in [4.69, 9.17) is 0 Å². The van der Waals surface area contributed by atoms with Gasteiger partial charge in [0.05, 0.1) is 6.07 Å². The van der Waals surface area contributed by atoms with Crippen molar-refractivity contribution >= 4 is 44.2 Å². The molecule has 2 aliphatic rings. The average Bonchev–Trinajstić information content (AvgIpc) is 3.51. The van der Waals surface area contributed by atoms with Crippen LogP contribution in [0.1, 0.15) is 27.4 Å². The number of rotatable bonds is 3. The van der Waals surface area contributed by atoms with Crippen molar-refractivity contribution in [2.45, 2.75) is 11.5 Å². The van der Waals surface area contributed by atoms with Crippen LogP contribution in [0.3, 0.4) is 0 Å². The number of hydrogen-bond donors (Lipinski definition) is 2. The van der Waals surface area contributed by atoms with Gasteiger partial charge in [-0.25, -0.2) is 0 Å². The minimum absolute atomic E-state index is 0.351. The van der Waals surface area contributed by atoms with Crippen molar-refractivity contribution < 1.29 is 9.59 Å². The van der Waals surface area contributed by atoms with E-state index in [2.05, 4.69) is 32.3 Å². The molecule has 2 N–H and O–H groups in total. The summed E-state index contributed by atoms with van der Waals surface area (Å²) in [6.45, 7) is 0.366. The number of H-pyrrole nitrogens is 1. The van der Waals surface area contributed by atoms with Crippen molar-refractivity contribution in [1.29, 1.82) is 5.26 Å². The Kier molecular flexibility index (Phi) is 4.75. The Morgan fingerprint density at radius 2 is 1.80 bits per heavy atom. The molecule has 1 aromatic heterocycles. The van der Waals surface area contributed by atoms with E-state index < -0.39 is 16.9 Å². The third-order valence-electron chi connectivity index (χ3n) is 7.66.